The van der Waals surface area contributed by atoms with E-state index in [4.69, 9.17) is 5.14 Å². The molecule has 6 heteroatoms. The number of primary sulfonamides is 1. The molecular formula is C14H20N2O3S. The molecule has 2 rings (SSSR count). The fourth-order valence-electron chi connectivity index (χ4n) is 2.41. The van der Waals surface area contributed by atoms with Gasteiger partial charge in [-0.3, -0.25) is 4.79 Å². The van der Waals surface area contributed by atoms with E-state index in [9.17, 15) is 13.2 Å². The van der Waals surface area contributed by atoms with E-state index in [0.29, 0.717) is 17.0 Å². The molecule has 0 atom stereocenters. The van der Waals surface area contributed by atoms with Crippen LogP contribution in [0.5, 0.6) is 0 Å². The Balaban J connectivity index is 2.21. The van der Waals surface area contributed by atoms with Gasteiger partial charge in [-0.05, 0) is 43.4 Å². The van der Waals surface area contributed by atoms with E-state index in [1.54, 1.807) is 31.0 Å². The second-order valence-corrected chi connectivity index (χ2v) is 7.04. The number of hydrogen-bond donors (Lipinski definition) is 1. The van der Waals surface area contributed by atoms with Crippen molar-refractivity contribution in [2.75, 3.05) is 13.6 Å². The summed E-state index contributed by atoms with van der Waals surface area (Å²) >= 11 is 0. The van der Waals surface area contributed by atoms with Gasteiger partial charge in [0.2, 0.25) is 10.0 Å². The molecule has 5 nitrogen and oxygen atoms in total. The number of aryl methyl sites for hydroxylation is 1. The van der Waals surface area contributed by atoms with Crippen molar-refractivity contribution in [1.29, 1.82) is 0 Å². The molecule has 0 aliphatic heterocycles. The maximum absolute atomic E-state index is 12.3. The summed E-state index contributed by atoms with van der Waals surface area (Å²) < 4.78 is 23.0. The smallest absolute Gasteiger partial charge is 0.253 e. The Morgan fingerprint density at radius 2 is 2.05 bits per heavy atom. The first-order valence-corrected chi connectivity index (χ1v) is 8.22. The van der Waals surface area contributed by atoms with E-state index in [-0.39, 0.29) is 10.8 Å². The fraction of sp³-hybridized carbons (Fsp3) is 0.500. The predicted octanol–water partition coefficient (Wildman–Crippen LogP) is 1.51. The molecule has 110 valence electrons. The van der Waals surface area contributed by atoms with Crippen LogP contribution in [0.3, 0.4) is 0 Å². The molecule has 0 aromatic heterocycles. The summed E-state index contributed by atoms with van der Waals surface area (Å²) in [5.41, 5.74) is 0.909. The SMILES string of the molecule is Cc1ccc(C(=O)N(C)CC2CCC2)cc1S(N)(=O)=O. The summed E-state index contributed by atoms with van der Waals surface area (Å²) in [6, 6.07) is 4.62. The molecule has 1 aromatic carbocycles. The quantitative estimate of drug-likeness (QED) is 0.914. The monoisotopic (exact) mass is 296 g/mol. The third kappa shape index (κ3) is 3.19. The van der Waals surface area contributed by atoms with Gasteiger partial charge in [0.25, 0.3) is 5.91 Å². The third-order valence-corrected chi connectivity index (χ3v) is 4.90. The van der Waals surface area contributed by atoms with Crippen molar-refractivity contribution in [3.63, 3.8) is 0 Å². The second-order valence-electron chi connectivity index (χ2n) is 5.51. The van der Waals surface area contributed by atoms with Gasteiger partial charge in [0.15, 0.2) is 0 Å². The lowest BCUT2D eigenvalue weighted by molar-refractivity contribution is 0.0745. The van der Waals surface area contributed by atoms with Crippen molar-refractivity contribution in [2.45, 2.75) is 31.1 Å². The molecule has 1 aromatic rings. The highest BCUT2D eigenvalue weighted by atomic mass is 32.2. The zero-order valence-corrected chi connectivity index (χ0v) is 12.6. The van der Waals surface area contributed by atoms with E-state index in [0.717, 1.165) is 19.4 Å². The number of nitrogens with zero attached hydrogens (tertiary/aromatic N) is 1. The van der Waals surface area contributed by atoms with Crippen molar-refractivity contribution in [3.05, 3.63) is 29.3 Å². The summed E-state index contributed by atoms with van der Waals surface area (Å²) in [6.45, 7) is 2.38. The van der Waals surface area contributed by atoms with Crippen LogP contribution >= 0.6 is 0 Å². The van der Waals surface area contributed by atoms with Gasteiger partial charge in [-0.15, -0.1) is 0 Å². The lowest BCUT2D eigenvalue weighted by atomic mass is 9.85. The molecule has 0 heterocycles. The first kappa shape index (κ1) is 15.0. The molecule has 1 fully saturated rings. The number of amides is 1. The lowest BCUT2D eigenvalue weighted by Gasteiger charge is -2.30. The Morgan fingerprint density at radius 3 is 2.55 bits per heavy atom. The minimum absolute atomic E-state index is 0.0143. The Kier molecular flexibility index (Phi) is 4.15. The highest BCUT2D eigenvalue weighted by molar-refractivity contribution is 7.89. The highest BCUT2D eigenvalue weighted by Gasteiger charge is 2.23. The largest absolute Gasteiger partial charge is 0.341 e. The number of carbonyl (C=O) groups excluding carboxylic acids is 1. The third-order valence-electron chi connectivity index (χ3n) is 3.85. The van der Waals surface area contributed by atoms with Crippen molar-refractivity contribution in [2.24, 2.45) is 11.1 Å². The van der Waals surface area contributed by atoms with Gasteiger partial charge in [0.1, 0.15) is 0 Å². The number of carbonyl (C=O) groups is 1. The standard InChI is InChI=1S/C14H20N2O3S/c1-10-6-7-12(8-13(10)20(15,18)19)14(17)16(2)9-11-4-3-5-11/h6-8,11H,3-5,9H2,1-2H3,(H2,15,18,19). The van der Waals surface area contributed by atoms with E-state index >= 15 is 0 Å². The van der Waals surface area contributed by atoms with Crippen molar-refractivity contribution >= 4 is 15.9 Å². The fourth-order valence-corrected chi connectivity index (χ4v) is 3.21. The Morgan fingerprint density at radius 1 is 1.40 bits per heavy atom. The number of hydrogen-bond acceptors (Lipinski definition) is 3. The number of rotatable bonds is 4. The summed E-state index contributed by atoms with van der Waals surface area (Å²) in [7, 11) is -2.06. The summed E-state index contributed by atoms with van der Waals surface area (Å²) in [6.07, 6.45) is 3.55. The number of sulfonamides is 1. The van der Waals surface area contributed by atoms with Gasteiger partial charge in [0.05, 0.1) is 4.90 Å². The minimum Gasteiger partial charge on any atom is -0.341 e. The van der Waals surface area contributed by atoms with Gasteiger partial charge in [-0.1, -0.05) is 12.5 Å². The predicted molar refractivity (Wildman–Crippen MR) is 76.9 cm³/mol. The maximum atomic E-state index is 12.3. The molecule has 0 radical (unpaired) electrons. The average molecular weight is 296 g/mol. The first-order chi connectivity index (χ1) is 9.29. The normalized spacial score (nSPS) is 15.8. The van der Waals surface area contributed by atoms with E-state index in [2.05, 4.69) is 0 Å². The van der Waals surface area contributed by atoms with E-state index in [1.807, 2.05) is 0 Å². The zero-order valence-electron chi connectivity index (χ0n) is 11.8. The summed E-state index contributed by atoms with van der Waals surface area (Å²) in [5, 5.41) is 5.16. The van der Waals surface area contributed by atoms with Crippen LogP contribution in [0, 0.1) is 12.8 Å². The second kappa shape index (κ2) is 5.54. The van der Waals surface area contributed by atoms with Crippen LogP contribution in [0.15, 0.2) is 23.1 Å². The molecular weight excluding hydrogens is 276 g/mol. The molecule has 2 N–H and O–H groups in total. The van der Waals surface area contributed by atoms with Crippen LogP contribution in [-0.4, -0.2) is 32.8 Å². The van der Waals surface area contributed by atoms with Crippen molar-refractivity contribution < 1.29 is 13.2 Å². The summed E-state index contributed by atoms with van der Waals surface area (Å²) in [4.78, 5) is 14.0. The van der Waals surface area contributed by atoms with Crippen LogP contribution in [0.2, 0.25) is 0 Å². The van der Waals surface area contributed by atoms with Crippen LogP contribution in [-0.2, 0) is 10.0 Å². The zero-order chi connectivity index (χ0) is 14.9. The van der Waals surface area contributed by atoms with Gasteiger partial charge in [-0.2, -0.15) is 0 Å². The van der Waals surface area contributed by atoms with Gasteiger partial charge in [0, 0.05) is 19.2 Å². The van der Waals surface area contributed by atoms with Gasteiger partial charge < -0.3 is 4.90 Å². The average Bonchev–Trinajstić information content (AvgIpc) is 2.31. The van der Waals surface area contributed by atoms with Gasteiger partial charge in [-0.25, -0.2) is 13.6 Å². The molecule has 1 aliphatic rings. The number of nitrogens with two attached hydrogens (primary N) is 1. The van der Waals surface area contributed by atoms with E-state index in [1.165, 1.54) is 12.5 Å². The molecule has 0 unspecified atom stereocenters. The molecule has 0 spiro atoms. The van der Waals surface area contributed by atoms with Crippen LogP contribution < -0.4 is 5.14 Å². The molecule has 20 heavy (non-hydrogen) atoms. The summed E-state index contributed by atoms with van der Waals surface area (Å²) in [5.74, 6) is 0.411. The van der Waals surface area contributed by atoms with Crippen molar-refractivity contribution in [3.8, 4) is 0 Å². The van der Waals surface area contributed by atoms with Crippen LogP contribution in [0.1, 0.15) is 35.2 Å². The molecule has 0 bridgehead atoms. The minimum atomic E-state index is -3.80. The van der Waals surface area contributed by atoms with Crippen LogP contribution in [0.25, 0.3) is 0 Å². The molecule has 0 saturated heterocycles. The van der Waals surface area contributed by atoms with Crippen LogP contribution in [0.4, 0.5) is 0 Å². The van der Waals surface area contributed by atoms with Crippen molar-refractivity contribution in [1.82, 2.24) is 4.90 Å². The Labute approximate surface area is 119 Å². The molecule has 1 amide bonds. The maximum Gasteiger partial charge on any atom is 0.253 e. The molecule has 1 aliphatic carbocycles. The number of benzene rings is 1. The topological polar surface area (TPSA) is 80.5 Å². The lowest BCUT2D eigenvalue weighted by Crippen LogP contribution is -2.34. The van der Waals surface area contributed by atoms with E-state index < -0.39 is 10.0 Å². The Bertz CT molecular complexity index is 621. The molecule has 1 saturated carbocycles. The Hall–Kier alpha value is -1.40. The first-order valence-electron chi connectivity index (χ1n) is 6.68. The van der Waals surface area contributed by atoms with Gasteiger partial charge >= 0.3 is 0 Å². The highest BCUT2D eigenvalue weighted by Crippen LogP contribution is 2.27.